The predicted octanol–water partition coefficient (Wildman–Crippen LogP) is 2.77. The minimum Gasteiger partial charge on any atom is -0.481 e. The summed E-state index contributed by atoms with van der Waals surface area (Å²) in [5.41, 5.74) is 1.79. The number of carbonyl (C=O) groups excluding carboxylic acids is 1. The summed E-state index contributed by atoms with van der Waals surface area (Å²) in [6.45, 7) is 3.87. The largest absolute Gasteiger partial charge is 0.481 e. The molecule has 26 heavy (non-hydrogen) atoms. The van der Waals surface area contributed by atoms with Crippen LogP contribution in [0.3, 0.4) is 0 Å². The molecule has 0 unspecified atom stereocenters. The molecule has 140 valence electrons. The number of carboxylic acid groups (broad SMARTS) is 1. The van der Waals surface area contributed by atoms with E-state index in [-0.39, 0.29) is 36.6 Å². The third-order valence-corrected chi connectivity index (χ3v) is 5.10. The molecule has 0 saturated heterocycles. The van der Waals surface area contributed by atoms with Crippen molar-refractivity contribution in [2.24, 2.45) is 0 Å². The van der Waals surface area contributed by atoms with E-state index in [1.807, 2.05) is 19.9 Å². The van der Waals surface area contributed by atoms with Gasteiger partial charge in [-0.1, -0.05) is 12.8 Å². The lowest BCUT2D eigenvalue weighted by Crippen LogP contribution is -2.38. The number of aliphatic carboxylic acids is 1. The van der Waals surface area contributed by atoms with E-state index in [9.17, 15) is 14.4 Å². The monoisotopic (exact) mass is 359 g/mol. The summed E-state index contributed by atoms with van der Waals surface area (Å²) >= 11 is 0. The molecule has 1 fully saturated rings. The summed E-state index contributed by atoms with van der Waals surface area (Å²) in [6, 6.07) is 5.34. The molecular formula is C19H25N3O4. The standard InChI is InChI=1S/C19H25N3O4/c1-12(2)21(10-9-17(23)24)18(25)13-7-8-16-15(11-13)20-19(26)22(16)14-5-3-4-6-14/h7-8,11-12,14H,3-6,9-10H2,1-2H3,(H,20,26)(H,23,24). The number of benzene rings is 1. The number of hydrogen-bond donors (Lipinski definition) is 2. The molecule has 0 spiro atoms. The van der Waals surface area contributed by atoms with Gasteiger partial charge in [-0.3, -0.25) is 14.2 Å². The molecule has 0 atom stereocenters. The van der Waals surface area contributed by atoms with Crippen LogP contribution < -0.4 is 5.69 Å². The molecule has 3 rings (SSSR count). The lowest BCUT2D eigenvalue weighted by Gasteiger charge is -2.26. The molecule has 2 aromatic rings. The minimum absolute atomic E-state index is 0.0962. The Bertz CT molecular complexity index is 875. The van der Waals surface area contributed by atoms with Gasteiger partial charge in [-0.2, -0.15) is 0 Å². The molecule has 1 heterocycles. The third-order valence-electron chi connectivity index (χ3n) is 5.10. The Morgan fingerprint density at radius 1 is 1.31 bits per heavy atom. The van der Waals surface area contributed by atoms with Crippen LogP contribution in [-0.4, -0.2) is 44.0 Å². The van der Waals surface area contributed by atoms with Crippen LogP contribution >= 0.6 is 0 Å². The second-order valence-electron chi connectivity index (χ2n) is 7.21. The van der Waals surface area contributed by atoms with Crippen molar-refractivity contribution in [3.8, 4) is 0 Å². The molecule has 1 aromatic carbocycles. The molecule has 7 nitrogen and oxygen atoms in total. The normalized spacial score (nSPS) is 15.0. The summed E-state index contributed by atoms with van der Waals surface area (Å²) < 4.78 is 1.81. The Kier molecular flexibility index (Phi) is 5.15. The van der Waals surface area contributed by atoms with Gasteiger partial charge < -0.3 is 15.0 Å². The lowest BCUT2D eigenvalue weighted by molar-refractivity contribution is -0.137. The number of nitrogens with zero attached hydrogens (tertiary/aromatic N) is 2. The van der Waals surface area contributed by atoms with Crippen LogP contribution in [0.4, 0.5) is 0 Å². The minimum atomic E-state index is -0.933. The van der Waals surface area contributed by atoms with Gasteiger partial charge in [-0.05, 0) is 44.9 Å². The molecular weight excluding hydrogens is 334 g/mol. The van der Waals surface area contributed by atoms with E-state index in [0.29, 0.717) is 11.1 Å². The predicted molar refractivity (Wildman–Crippen MR) is 98.5 cm³/mol. The van der Waals surface area contributed by atoms with Gasteiger partial charge in [0.15, 0.2) is 0 Å². The van der Waals surface area contributed by atoms with Gasteiger partial charge in [0, 0.05) is 24.2 Å². The van der Waals surface area contributed by atoms with Crippen molar-refractivity contribution in [1.82, 2.24) is 14.5 Å². The van der Waals surface area contributed by atoms with Gasteiger partial charge in [0.1, 0.15) is 0 Å². The van der Waals surface area contributed by atoms with Crippen molar-refractivity contribution >= 4 is 22.9 Å². The quantitative estimate of drug-likeness (QED) is 0.829. The van der Waals surface area contributed by atoms with Crippen molar-refractivity contribution in [3.05, 3.63) is 34.2 Å². The topological polar surface area (TPSA) is 95.4 Å². The number of H-pyrrole nitrogens is 1. The summed E-state index contributed by atoms with van der Waals surface area (Å²) in [4.78, 5) is 40.4. The van der Waals surface area contributed by atoms with E-state index >= 15 is 0 Å². The lowest BCUT2D eigenvalue weighted by atomic mass is 10.1. The van der Waals surface area contributed by atoms with Gasteiger partial charge in [0.2, 0.25) is 0 Å². The zero-order valence-electron chi connectivity index (χ0n) is 15.2. The SMILES string of the molecule is CC(C)N(CCC(=O)O)C(=O)c1ccc2c(c1)[nH]c(=O)n2C1CCCC1. The van der Waals surface area contributed by atoms with Crippen LogP contribution in [0, 0.1) is 0 Å². The average Bonchev–Trinajstić information content (AvgIpc) is 3.19. The Hall–Kier alpha value is -2.57. The molecule has 1 amide bonds. The van der Waals surface area contributed by atoms with Gasteiger partial charge in [0.05, 0.1) is 17.5 Å². The average molecular weight is 359 g/mol. The van der Waals surface area contributed by atoms with Gasteiger partial charge in [-0.25, -0.2) is 4.79 Å². The van der Waals surface area contributed by atoms with E-state index in [4.69, 9.17) is 5.11 Å². The molecule has 1 saturated carbocycles. The number of aromatic amines is 1. The van der Waals surface area contributed by atoms with E-state index < -0.39 is 5.97 Å². The number of imidazole rings is 1. The Balaban J connectivity index is 1.91. The zero-order chi connectivity index (χ0) is 18.8. The first-order valence-electron chi connectivity index (χ1n) is 9.15. The highest BCUT2D eigenvalue weighted by molar-refractivity contribution is 5.97. The highest BCUT2D eigenvalue weighted by Crippen LogP contribution is 2.30. The van der Waals surface area contributed by atoms with Gasteiger partial charge in [-0.15, -0.1) is 0 Å². The van der Waals surface area contributed by atoms with Crippen molar-refractivity contribution in [3.63, 3.8) is 0 Å². The molecule has 1 aromatic heterocycles. The maximum Gasteiger partial charge on any atom is 0.326 e. The number of aromatic nitrogens is 2. The van der Waals surface area contributed by atoms with E-state index in [1.54, 1.807) is 21.6 Å². The van der Waals surface area contributed by atoms with Crippen molar-refractivity contribution in [2.45, 2.75) is 58.0 Å². The fourth-order valence-electron chi connectivity index (χ4n) is 3.77. The summed E-state index contributed by atoms with van der Waals surface area (Å²) in [5.74, 6) is -1.16. The van der Waals surface area contributed by atoms with Crippen molar-refractivity contribution in [1.29, 1.82) is 0 Å². The number of fused-ring (bicyclic) bond motifs is 1. The Labute approximate surface area is 151 Å². The second kappa shape index (κ2) is 7.35. The van der Waals surface area contributed by atoms with Crippen LogP contribution in [-0.2, 0) is 4.79 Å². The van der Waals surface area contributed by atoms with E-state index in [0.717, 1.165) is 31.2 Å². The number of carboxylic acids is 1. The van der Waals surface area contributed by atoms with Gasteiger partial charge >= 0.3 is 11.7 Å². The fourth-order valence-corrected chi connectivity index (χ4v) is 3.77. The zero-order valence-corrected chi connectivity index (χ0v) is 15.2. The van der Waals surface area contributed by atoms with Crippen LogP contribution in [0.15, 0.2) is 23.0 Å². The molecule has 2 N–H and O–H groups in total. The second-order valence-corrected chi connectivity index (χ2v) is 7.21. The first kappa shape index (κ1) is 18.2. The molecule has 0 aliphatic heterocycles. The van der Waals surface area contributed by atoms with Crippen LogP contribution in [0.5, 0.6) is 0 Å². The third kappa shape index (κ3) is 3.52. The number of amides is 1. The Morgan fingerprint density at radius 2 is 2.00 bits per heavy atom. The first-order chi connectivity index (χ1) is 12.4. The molecule has 1 aliphatic carbocycles. The van der Waals surface area contributed by atoms with Crippen LogP contribution in [0.25, 0.3) is 11.0 Å². The molecule has 1 aliphatic rings. The van der Waals surface area contributed by atoms with E-state index in [2.05, 4.69) is 4.98 Å². The maximum absolute atomic E-state index is 12.8. The fraction of sp³-hybridized carbons (Fsp3) is 0.526. The maximum atomic E-state index is 12.8. The highest BCUT2D eigenvalue weighted by Gasteiger charge is 2.23. The van der Waals surface area contributed by atoms with Crippen molar-refractivity contribution in [2.75, 3.05) is 6.54 Å². The number of carbonyl (C=O) groups is 2. The Morgan fingerprint density at radius 3 is 2.62 bits per heavy atom. The summed E-state index contributed by atoms with van der Waals surface area (Å²) in [6.07, 6.45) is 4.18. The molecule has 0 radical (unpaired) electrons. The number of nitrogens with one attached hydrogen (secondary N) is 1. The number of hydrogen-bond acceptors (Lipinski definition) is 3. The molecule has 7 heteroatoms. The first-order valence-corrected chi connectivity index (χ1v) is 9.15. The molecule has 0 bridgehead atoms. The highest BCUT2D eigenvalue weighted by atomic mass is 16.4. The van der Waals surface area contributed by atoms with E-state index in [1.165, 1.54) is 0 Å². The smallest absolute Gasteiger partial charge is 0.326 e. The summed E-state index contributed by atoms with van der Waals surface area (Å²) in [7, 11) is 0. The van der Waals surface area contributed by atoms with Gasteiger partial charge in [0.25, 0.3) is 5.91 Å². The van der Waals surface area contributed by atoms with Crippen LogP contribution in [0.2, 0.25) is 0 Å². The van der Waals surface area contributed by atoms with Crippen molar-refractivity contribution < 1.29 is 14.7 Å². The summed E-state index contributed by atoms with van der Waals surface area (Å²) in [5, 5.41) is 8.89. The van der Waals surface area contributed by atoms with Crippen LogP contribution in [0.1, 0.15) is 62.4 Å². The number of rotatable bonds is 6.